The largest absolute Gasteiger partial charge is 0.481 e. The summed E-state index contributed by atoms with van der Waals surface area (Å²) in [6.45, 7) is 2.44. The van der Waals surface area contributed by atoms with Crippen LogP contribution in [0.1, 0.15) is 32.6 Å². The minimum absolute atomic E-state index is 0.0817. The minimum atomic E-state index is -0.928. The Labute approximate surface area is 106 Å². The molecule has 2 atom stereocenters. The smallest absolute Gasteiger partial charge is 0.307 e. The van der Waals surface area contributed by atoms with Crippen LogP contribution in [0.3, 0.4) is 0 Å². The Hall–Kier alpha value is -1.59. The molecule has 18 heavy (non-hydrogen) atoms. The van der Waals surface area contributed by atoms with E-state index < -0.39 is 17.8 Å². The molecule has 0 heterocycles. The van der Waals surface area contributed by atoms with Crippen molar-refractivity contribution in [1.82, 2.24) is 10.6 Å². The lowest BCUT2D eigenvalue weighted by Gasteiger charge is -2.15. The zero-order chi connectivity index (χ0) is 13.5. The first-order valence-corrected chi connectivity index (χ1v) is 6.33. The number of amides is 2. The van der Waals surface area contributed by atoms with Gasteiger partial charge in [-0.25, -0.2) is 0 Å². The number of hydrogen-bond donors (Lipinski definition) is 3. The zero-order valence-corrected chi connectivity index (χ0v) is 10.6. The number of aliphatic carboxylic acids is 1. The number of nitrogens with one attached hydrogen (secondary N) is 2. The average molecular weight is 256 g/mol. The molecule has 0 spiro atoms. The van der Waals surface area contributed by atoms with Crippen LogP contribution in [-0.2, 0) is 14.4 Å². The summed E-state index contributed by atoms with van der Waals surface area (Å²) in [4.78, 5) is 34.0. The number of carbonyl (C=O) groups is 3. The molecule has 102 valence electrons. The summed E-state index contributed by atoms with van der Waals surface area (Å²) in [5, 5.41) is 14.1. The second kappa shape index (κ2) is 6.98. The van der Waals surface area contributed by atoms with E-state index >= 15 is 0 Å². The Morgan fingerprint density at radius 1 is 1.17 bits per heavy atom. The first-order chi connectivity index (χ1) is 8.56. The van der Waals surface area contributed by atoms with Gasteiger partial charge < -0.3 is 15.7 Å². The van der Waals surface area contributed by atoms with Crippen molar-refractivity contribution in [1.29, 1.82) is 0 Å². The van der Waals surface area contributed by atoms with Crippen molar-refractivity contribution < 1.29 is 19.5 Å². The van der Waals surface area contributed by atoms with E-state index in [9.17, 15) is 14.4 Å². The fourth-order valence-electron chi connectivity index (χ4n) is 2.19. The van der Waals surface area contributed by atoms with Crippen LogP contribution in [-0.4, -0.2) is 36.0 Å². The van der Waals surface area contributed by atoms with E-state index in [2.05, 4.69) is 10.6 Å². The molecule has 1 aliphatic carbocycles. The van der Waals surface area contributed by atoms with E-state index in [1.165, 1.54) is 0 Å². The van der Waals surface area contributed by atoms with Crippen LogP contribution in [0, 0.1) is 11.8 Å². The van der Waals surface area contributed by atoms with E-state index in [4.69, 9.17) is 5.11 Å². The zero-order valence-electron chi connectivity index (χ0n) is 10.6. The molecule has 1 aliphatic rings. The van der Waals surface area contributed by atoms with Gasteiger partial charge in [0.2, 0.25) is 11.8 Å². The number of carboxylic acid groups (broad SMARTS) is 1. The maximum atomic E-state index is 11.8. The van der Waals surface area contributed by atoms with Crippen molar-refractivity contribution in [2.24, 2.45) is 11.8 Å². The van der Waals surface area contributed by atoms with Gasteiger partial charge in [-0.2, -0.15) is 0 Å². The monoisotopic (exact) mass is 256 g/mol. The first kappa shape index (κ1) is 14.5. The van der Waals surface area contributed by atoms with Crippen molar-refractivity contribution in [3.8, 4) is 0 Å². The maximum Gasteiger partial charge on any atom is 0.307 e. The SMILES string of the molecule is CCCNC(=O)CNC(=O)[C@@H]1CCC[C@@H]1C(=O)O. The van der Waals surface area contributed by atoms with Crippen molar-refractivity contribution >= 4 is 17.8 Å². The van der Waals surface area contributed by atoms with E-state index in [0.29, 0.717) is 19.4 Å². The fraction of sp³-hybridized carbons (Fsp3) is 0.750. The quantitative estimate of drug-likeness (QED) is 0.629. The molecule has 0 bridgehead atoms. The van der Waals surface area contributed by atoms with Gasteiger partial charge in [0.15, 0.2) is 0 Å². The maximum absolute atomic E-state index is 11.8. The topological polar surface area (TPSA) is 95.5 Å². The summed E-state index contributed by atoms with van der Waals surface area (Å²) in [6, 6.07) is 0. The van der Waals surface area contributed by atoms with Gasteiger partial charge >= 0.3 is 5.97 Å². The van der Waals surface area contributed by atoms with Gasteiger partial charge in [0.05, 0.1) is 18.4 Å². The molecule has 0 unspecified atom stereocenters. The number of rotatable bonds is 6. The van der Waals surface area contributed by atoms with Crippen LogP contribution < -0.4 is 10.6 Å². The molecular formula is C12H20N2O4. The van der Waals surface area contributed by atoms with Crippen LogP contribution in [0.2, 0.25) is 0 Å². The predicted molar refractivity (Wildman–Crippen MR) is 64.8 cm³/mol. The number of carbonyl (C=O) groups excluding carboxylic acids is 2. The lowest BCUT2D eigenvalue weighted by atomic mass is 9.95. The van der Waals surface area contributed by atoms with Crippen molar-refractivity contribution in [3.05, 3.63) is 0 Å². The molecular weight excluding hydrogens is 236 g/mol. The minimum Gasteiger partial charge on any atom is -0.481 e. The normalized spacial score (nSPS) is 22.5. The number of hydrogen-bond acceptors (Lipinski definition) is 3. The van der Waals surface area contributed by atoms with Gasteiger partial charge in [0.25, 0.3) is 0 Å². The summed E-state index contributed by atoms with van der Waals surface area (Å²) < 4.78 is 0. The molecule has 1 rings (SSSR count). The molecule has 1 fully saturated rings. The second-order valence-electron chi connectivity index (χ2n) is 4.55. The molecule has 0 aromatic carbocycles. The highest BCUT2D eigenvalue weighted by Gasteiger charge is 2.37. The Kier molecular flexibility index (Phi) is 5.61. The molecule has 0 aromatic heterocycles. The lowest BCUT2D eigenvalue weighted by molar-refractivity contribution is -0.146. The molecule has 0 radical (unpaired) electrons. The summed E-state index contributed by atoms with van der Waals surface area (Å²) in [6.07, 6.45) is 2.70. The van der Waals surface area contributed by atoms with Crippen LogP contribution >= 0.6 is 0 Å². The van der Waals surface area contributed by atoms with Crippen molar-refractivity contribution in [2.45, 2.75) is 32.6 Å². The summed E-state index contributed by atoms with van der Waals surface area (Å²) >= 11 is 0. The molecule has 6 nitrogen and oxygen atoms in total. The molecule has 6 heteroatoms. The Bertz CT molecular complexity index is 330. The third-order valence-electron chi connectivity index (χ3n) is 3.17. The van der Waals surface area contributed by atoms with Crippen LogP contribution in [0.15, 0.2) is 0 Å². The fourth-order valence-corrected chi connectivity index (χ4v) is 2.19. The highest BCUT2D eigenvalue weighted by atomic mass is 16.4. The molecule has 0 saturated heterocycles. The Morgan fingerprint density at radius 2 is 1.83 bits per heavy atom. The average Bonchev–Trinajstić information content (AvgIpc) is 2.82. The van der Waals surface area contributed by atoms with Crippen molar-refractivity contribution in [3.63, 3.8) is 0 Å². The van der Waals surface area contributed by atoms with E-state index in [1.807, 2.05) is 6.92 Å². The molecule has 0 aliphatic heterocycles. The van der Waals surface area contributed by atoms with Crippen LogP contribution in [0.4, 0.5) is 0 Å². The first-order valence-electron chi connectivity index (χ1n) is 6.33. The third kappa shape index (κ3) is 4.01. The van der Waals surface area contributed by atoms with Gasteiger partial charge in [-0.15, -0.1) is 0 Å². The molecule has 3 N–H and O–H groups in total. The van der Waals surface area contributed by atoms with Gasteiger partial charge in [-0.05, 0) is 19.3 Å². The lowest BCUT2D eigenvalue weighted by Crippen LogP contribution is -2.41. The molecule has 2 amide bonds. The predicted octanol–water partition coefficient (Wildman–Crippen LogP) is 0.130. The second-order valence-corrected chi connectivity index (χ2v) is 4.55. The summed E-state index contributed by atoms with van der Waals surface area (Å²) in [5.41, 5.74) is 0. The highest BCUT2D eigenvalue weighted by Crippen LogP contribution is 2.31. The molecule has 0 aromatic rings. The summed E-state index contributed by atoms with van der Waals surface area (Å²) in [7, 11) is 0. The Balaban J connectivity index is 2.36. The summed E-state index contributed by atoms with van der Waals surface area (Å²) in [5.74, 6) is -2.60. The number of carboxylic acids is 1. The van der Waals surface area contributed by atoms with Crippen LogP contribution in [0.5, 0.6) is 0 Å². The highest BCUT2D eigenvalue weighted by molar-refractivity contribution is 5.88. The van der Waals surface area contributed by atoms with E-state index in [-0.39, 0.29) is 18.4 Å². The Morgan fingerprint density at radius 3 is 2.44 bits per heavy atom. The van der Waals surface area contributed by atoms with Crippen molar-refractivity contribution in [2.75, 3.05) is 13.1 Å². The van der Waals surface area contributed by atoms with Gasteiger partial charge in [0.1, 0.15) is 0 Å². The van der Waals surface area contributed by atoms with E-state index in [0.717, 1.165) is 12.8 Å². The van der Waals surface area contributed by atoms with Crippen LogP contribution in [0.25, 0.3) is 0 Å². The third-order valence-corrected chi connectivity index (χ3v) is 3.17. The standard InChI is InChI=1S/C12H20N2O4/c1-2-6-13-10(15)7-14-11(16)8-4-3-5-9(8)12(17)18/h8-9H,2-7H2,1H3,(H,13,15)(H,14,16)(H,17,18)/t8-,9+/m1/s1. The van der Waals surface area contributed by atoms with Gasteiger partial charge in [0, 0.05) is 6.54 Å². The van der Waals surface area contributed by atoms with Gasteiger partial charge in [-0.1, -0.05) is 13.3 Å². The van der Waals surface area contributed by atoms with Gasteiger partial charge in [-0.3, -0.25) is 14.4 Å². The molecule has 1 saturated carbocycles. The van der Waals surface area contributed by atoms with E-state index in [1.54, 1.807) is 0 Å².